The van der Waals surface area contributed by atoms with Crippen molar-refractivity contribution in [3.8, 4) is 5.75 Å². The predicted octanol–water partition coefficient (Wildman–Crippen LogP) is 0.540. The number of likely N-dealkylation sites (N-methyl/N-ethyl adjacent to an activating group) is 2. The lowest BCUT2D eigenvalue weighted by Gasteiger charge is -2.39. The van der Waals surface area contributed by atoms with Crippen LogP contribution >= 0.6 is 0 Å². The van der Waals surface area contributed by atoms with E-state index < -0.39 is 0 Å². The zero-order chi connectivity index (χ0) is 16.3. The van der Waals surface area contributed by atoms with Crippen LogP contribution in [-0.2, 0) is 4.79 Å². The molecule has 1 atom stereocenters. The van der Waals surface area contributed by atoms with Gasteiger partial charge in [-0.3, -0.25) is 14.5 Å². The van der Waals surface area contributed by atoms with Crippen molar-refractivity contribution in [3.05, 3.63) is 29.8 Å². The molecule has 0 aliphatic carbocycles. The largest absolute Gasteiger partial charge is 0.496 e. The molecule has 6 heteroatoms. The lowest BCUT2D eigenvalue weighted by atomic mass is 10.1. The zero-order valence-corrected chi connectivity index (χ0v) is 13.6. The Hall–Kier alpha value is -2.08. The van der Waals surface area contributed by atoms with Crippen LogP contribution in [0, 0.1) is 0 Å². The lowest BCUT2D eigenvalue weighted by molar-refractivity contribution is -0.135. The number of hydrogen-bond donors (Lipinski definition) is 0. The summed E-state index contributed by atoms with van der Waals surface area (Å²) in [7, 11) is 6.93. The van der Waals surface area contributed by atoms with Crippen LogP contribution in [0.5, 0.6) is 5.75 Å². The van der Waals surface area contributed by atoms with Gasteiger partial charge in [0.05, 0.1) is 12.7 Å². The van der Waals surface area contributed by atoms with E-state index in [4.69, 9.17) is 4.74 Å². The van der Waals surface area contributed by atoms with Crippen LogP contribution < -0.4 is 4.74 Å². The summed E-state index contributed by atoms with van der Waals surface area (Å²) in [6, 6.07) is 6.86. The highest BCUT2D eigenvalue weighted by Crippen LogP contribution is 2.21. The van der Waals surface area contributed by atoms with Crippen molar-refractivity contribution < 1.29 is 14.3 Å². The highest BCUT2D eigenvalue weighted by atomic mass is 16.5. The third-order valence-electron chi connectivity index (χ3n) is 4.00. The Balaban J connectivity index is 2.18. The molecule has 120 valence electrons. The first-order valence-electron chi connectivity index (χ1n) is 7.29. The maximum Gasteiger partial charge on any atom is 0.257 e. The van der Waals surface area contributed by atoms with Gasteiger partial charge in [0, 0.05) is 33.7 Å². The van der Waals surface area contributed by atoms with Crippen LogP contribution in [0.25, 0.3) is 0 Å². The van der Waals surface area contributed by atoms with E-state index in [2.05, 4.69) is 0 Å². The van der Waals surface area contributed by atoms with Gasteiger partial charge in [0.2, 0.25) is 5.91 Å². The van der Waals surface area contributed by atoms with Crippen LogP contribution in [0.4, 0.5) is 0 Å². The fourth-order valence-corrected chi connectivity index (χ4v) is 2.61. The molecular formula is C16H23N3O3. The summed E-state index contributed by atoms with van der Waals surface area (Å²) in [6.07, 6.45) is 0. The van der Waals surface area contributed by atoms with Gasteiger partial charge in [-0.15, -0.1) is 0 Å². The molecule has 0 N–H and O–H groups in total. The standard InChI is InChI=1S/C16H23N3O3/c1-17(2)16(21)13-11-19(10-9-18(13)3)15(20)12-7-5-6-8-14(12)22-4/h5-8,13H,9-11H2,1-4H3. The van der Waals surface area contributed by atoms with Gasteiger partial charge < -0.3 is 14.5 Å². The summed E-state index contributed by atoms with van der Waals surface area (Å²) in [6.45, 7) is 1.67. The number of carbonyl (C=O) groups is 2. The van der Waals surface area contributed by atoms with E-state index in [9.17, 15) is 9.59 Å². The summed E-state index contributed by atoms with van der Waals surface area (Å²) < 4.78 is 5.26. The maximum atomic E-state index is 12.7. The molecule has 2 rings (SSSR count). The predicted molar refractivity (Wildman–Crippen MR) is 84.0 cm³/mol. The van der Waals surface area contributed by atoms with Crippen LogP contribution in [0.3, 0.4) is 0 Å². The first-order valence-corrected chi connectivity index (χ1v) is 7.29. The van der Waals surface area contributed by atoms with Gasteiger partial charge >= 0.3 is 0 Å². The molecule has 1 saturated heterocycles. The number of benzene rings is 1. The number of piperazine rings is 1. The van der Waals surface area contributed by atoms with Crippen molar-refractivity contribution in [2.24, 2.45) is 0 Å². The molecular weight excluding hydrogens is 282 g/mol. The molecule has 22 heavy (non-hydrogen) atoms. The summed E-state index contributed by atoms with van der Waals surface area (Å²) in [5, 5.41) is 0. The molecule has 0 aromatic heterocycles. The number of carbonyl (C=O) groups excluding carboxylic acids is 2. The van der Waals surface area contributed by atoms with Gasteiger partial charge in [-0.1, -0.05) is 12.1 Å². The Labute approximate surface area is 131 Å². The number of rotatable bonds is 3. The highest BCUT2D eigenvalue weighted by Gasteiger charge is 2.33. The Morgan fingerprint density at radius 3 is 2.55 bits per heavy atom. The Morgan fingerprint density at radius 2 is 1.91 bits per heavy atom. The molecule has 1 aliphatic rings. The smallest absolute Gasteiger partial charge is 0.257 e. The number of methoxy groups -OCH3 is 1. The second kappa shape index (κ2) is 6.79. The Kier molecular flexibility index (Phi) is 5.03. The zero-order valence-electron chi connectivity index (χ0n) is 13.6. The summed E-state index contributed by atoms with van der Waals surface area (Å²) in [5.41, 5.74) is 0.533. The first-order chi connectivity index (χ1) is 10.5. The minimum Gasteiger partial charge on any atom is -0.496 e. The minimum atomic E-state index is -0.303. The van der Waals surface area contributed by atoms with E-state index >= 15 is 0 Å². The normalized spacial score (nSPS) is 18.9. The monoisotopic (exact) mass is 305 g/mol. The van der Waals surface area contributed by atoms with Gasteiger partial charge in [-0.2, -0.15) is 0 Å². The second-order valence-electron chi connectivity index (χ2n) is 5.68. The molecule has 1 heterocycles. The molecule has 0 radical (unpaired) electrons. The van der Waals surface area contributed by atoms with E-state index in [0.29, 0.717) is 30.9 Å². The molecule has 0 saturated carbocycles. The average molecular weight is 305 g/mol. The molecule has 6 nitrogen and oxygen atoms in total. The topological polar surface area (TPSA) is 53.1 Å². The van der Waals surface area contributed by atoms with Crippen molar-refractivity contribution >= 4 is 11.8 Å². The molecule has 1 fully saturated rings. The number of para-hydroxylation sites is 1. The summed E-state index contributed by atoms with van der Waals surface area (Å²) in [4.78, 5) is 30.3. The van der Waals surface area contributed by atoms with Crippen LogP contribution in [-0.4, -0.2) is 80.4 Å². The highest BCUT2D eigenvalue weighted by molar-refractivity contribution is 5.97. The van der Waals surface area contributed by atoms with Crippen LogP contribution in [0.2, 0.25) is 0 Å². The fourth-order valence-electron chi connectivity index (χ4n) is 2.61. The fraction of sp³-hybridized carbons (Fsp3) is 0.500. The maximum absolute atomic E-state index is 12.7. The molecule has 0 bridgehead atoms. The van der Waals surface area contributed by atoms with Crippen LogP contribution in [0.1, 0.15) is 10.4 Å². The van der Waals surface area contributed by atoms with E-state index in [0.717, 1.165) is 0 Å². The van der Waals surface area contributed by atoms with Gasteiger partial charge in [0.15, 0.2) is 0 Å². The Morgan fingerprint density at radius 1 is 1.23 bits per heavy atom. The molecule has 1 aromatic carbocycles. The molecule has 0 spiro atoms. The van der Waals surface area contributed by atoms with Gasteiger partial charge in [0.1, 0.15) is 11.8 Å². The second-order valence-corrected chi connectivity index (χ2v) is 5.68. The van der Waals surface area contributed by atoms with Gasteiger partial charge in [-0.05, 0) is 19.2 Å². The van der Waals surface area contributed by atoms with E-state index in [1.54, 1.807) is 43.1 Å². The SMILES string of the molecule is COc1ccccc1C(=O)N1CCN(C)C(C(=O)N(C)C)C1. The van der Waals surface area contributed by atoms with Crippen molar-refractivity contribution in [1.29, 1.82) is 0 Å². The molecule has 1 aliphatic heterocycles. The van der Waals surface area contributed by atoms with Gasteiger partial charge in [0.25, 0.3) is 5.91 Å². The van der Waals surface area contributed by atoms with Crippen molar-refractivity contribution in [2.75, 3.05) is 47.9 Å². The molecule has 2 amide bonds. The van der Waals surface area contributed by atoms with E-state index in [-0.39, 0.29) is 17.9 Å². The lowest BCUT2D eigenvalue weighted by Crippen LogP contribution is -2.58. The summed E-state index contributed by atoms with van der Waals surface area (Å²) >= 11 is 0. The summed E-state index contributed by atoms with van der Waals surface area (Å²) in [5.74, 6) is 0.476. The number of ether oxygens (including phenoxy) is 1. The van der Waals surface area contributed by atoms with Gasteiger partial charge in [-0.25, -0.2) is 0 Å². The number of amides is 2. The molecule has 1 unspecified atom stereocenters. The van der Waals surface area contributed by atoms with E-state index in [1.165, 1.54) is 0 Å². The van der Waals surface area contributed by atoms with Crippen molar-refractivity contribution in [3.63, 3.8) is 0 Å². The average Bonchev–Trinajstić information content (AvgIpc) is 2.53. The third kappa shape index (κ3) is 3.22. The minimum absolute atomic E-state index is 0.0139. The number of nitrogens with zero attached hydrogens (tertiary/aromatic N) is 3. The van der Waals surface area contributed by atoms with Crippen molar-refractivity contribution in [2.45, 2.75) is 6.04 Å². The van der Waals surface area contributed by atoms with E-state index in [1.807, 2.05) is 24.1 Å². The van der Waals surface area contributed by atoms with Crippen LogP contribution in [0.15, 0.2) is 24.3 Å². The molecule has 1 aromatic rings. The first kappa shape index (κ1) is 16.3. The Bertz CT molecular complexity index is 559. The number of hydrogen-bond acceptors (Lipinski definition) is 4. The van der Waals surface area contributed by atoms with Crippen molar-refractivity contribution in [1.82, 2.24) is 14.7 Å². The quantitative estimate of drug-likeness (QED) is 0.818. The third-order valence-corrected chi connectivity index (χ3v) is 4.00.